The van der Waals surface area contributed by atoms with E-state index in [0.29, 0.717) is 0 Å². The van der Waals surface area contributed by atoms with E-state index in [4.69, 9.17) is 0 Å². The Morgan fingerprint density at radius 1 is 0.696 bits per heavy atom. The molecular weight excluding hydrogens is 344 g/mol. The van der Waals surface area contributed by atoms with Gasteiger partial charge in [-0.05, 0) is 76.3 Å². The quantitative estimate of drug-likeness (QED) is 0.326. The molecule has 1 heteroatoms. The molecule has 0 saturated heterocycles. The summed E-state index contributed by atoms with van der Waals surface area (Å²) in [6.07, 6.45) is 3.21. The minimum atomic E-state index is 1.05. The zero-order valence-electron chi connectivity index (χ0n) is 13.1. The van der Waals surface area contributed by atoms with Gasteiger partial charge in [0.1, 0.15) is 0 Å². The van der Waals surface area contributed by atoms with E-state index in [9.17, 15) is 0 Å². The van der Waals surface area contributed by atoms with Crippen LogP contribution in [0.5, 0.6) is 0 Å². The molecule has 0 heterocycles. The van der Waals surface area contributed by atoms with Crippen molar-refractivity contribution in [3.8, 4) is 11.1 Å². The minimum absolute atomic E-state index is 1.05. The Hall–Kier alpha value is -1.86. The molecule has 0 spiro atoms. The van der Waals surface area contributed by atoms with Crippen molar-refractivity contribution in [3.05, 3.63) is 91.9 Å². The Morgan fingerprint density at radius 2 is 1.26 bits per heavy atom. The van der Waals surface area contributed by atoms with Crippen molar-refractivity contribution < 1.29 is 0 Å². The van der Waals surface area contributed by atoms with Crippen LogP contribution in [0.3, 0.4) is 0 Å². The minimum Gasteiger partial charge on any atom is -0.0620 e. The summed E-state index contributed by atoms with van der Waals surface area (Å²) in [7, 11) is 0. The normalized spacial score (nSPS) is 14.0. The lowest BCUT2D eigenvalue weighted by molar-refractivity contribution is 0.966. The van der Waals surface area contributed by atoms with Gasteiger partial charge in [0.05, 0.1) is 0 Å². The standard InChI is InChI=1S/C22H17Br/c1-13-21-17-9-5-4-8-16(17)12-19(21)18-10-14-6-2-3-7-15(14)11-20(18)22(13)23/h2-9H,10-12H2,1H3. The van der Waals surface area contributed by atoms with Gasteiger partial charge in [-0.2, -0.15) is 0 Å². The van der Waals surface area contributed by atoms with Crippen LogP contribution in [0.25, 0.3) is 11.1 Å². The Labute approximate surface area is 145 Å². The molecule has 0 radical (unpaired) electrons. The van der Waals surface area contributed by atoms with Crippen LogP contribution in [-0.2, 0) is 19.3 Å². The topological polar surface area (TPSA) is 0 Å². The Bertz CT molecular complexity index is 966. The number of hydrogen-bond acceptors (Lipinski definition) is 0. The first kappa shape index (κ1) is 13.6. The molecule has 112 valence electrons. The molecular formula is C22H17Br. The first-order chi connectivity index (χ1) is 11.2. The van der Waals surface area contributed by atoms with Crippen LogP contribution in [0, 0.1) is 6.92 Å². The van der Waals surface area contributed by atoms with Gasteiger partial charge in [0.25, 0.3) is 0 Å². The molecule has 3 aromatic carbocycles. The highest BCUT2D eigenvalue weighted by Crippen LogP contribution is 2.47. The van der Waals surface area contributed by atoms with Crippen LogP contribution in [0.2, 0.25) is 0 Å². The Morgan fingerprint density at radius 3 is 2.00 bits per heavy atom. The third-order valence-corrected chi connectivity index (χ3v) is 6.58. The third-order valence-electron chi connectivity index (χ3n) is 5.51. The maximum absolute atomic E-state index is 3.92. The fraction of sp³-hybridized carbons (Fsp3) is 0.182. The lowest BCUT2D eigenvalue weighted by atomic mass is 9.81. The van der Waals surface area contributed by atoms with Gasteiger partial charge in [0.2, 0.25) is 0 Å². The molecule has 3 aromatic rings. The lowest BCUT2D eigenvalue weighted by Crippen LogP contribution is -2.12. The van der Waals surface area contributed by atoms with Gasteiger partial charge < -0.3 is 0 Å². The van der Waals surface area contributed by atoms with E-state index in [1.165, 1.54) is 43.4 Å². The van der Waals surface area contributed by atoms with Crippen molar-refractivity contribution in [2.45, 2.75) is 26.2 Å². The monoisotopic (exact) mass is 360 g/mol. The first-order valence-electron chi connectivity index (χ1n) is 8.22. The van der Waals surface area contributed by atoms with E-state index in [1.807, 2.05) is 0 Å². The molecule has 0 fully saturated rings. The second-order valence-electron chi connectivity index (χ2n) is 6.71. The average Bonchev–Trinajstić information content (AvgIpc) is 2.98. The van der Waals surface area contributed by atoms with Crippen LogP contribution in [-0.4, -0.2) is 0 Å². The molecule has 0 N–H and O–H groups in total. The van der Waals surface area contributed by atoms with E-state index in [2.05, 4.69) is 71.4 Å². The van der Waals surface area contributed by atoms with Gasteiger partial charge in [-0.15, -0.1) is 0 Å². The second-order valence-corrected chi connectivity index (χ2v) is 7.50. The first-order valence-corrected chi connectivity index (χ1v) is 9.01. The van der Waals surface area contributed by atoms with Crippen LogP contribution in [0.4, 0.5) is 0 Å². The second kappa shape index (κ2) is 4.82. The van der Waals surface area contributed by atoms with Crippen LogP contribution in [0.1, 0.15) is 38.9 Å². The zero-order valence-corrected chi connectivity index (χ0v) is 14.7. The molecule has 0 atom stereocenters. The molecule has 5 rings (SSSR count). The van der Waals surface area contributed by atoms with Crippen molar-refractivity contribution in [2.24, 2.45) is 0 Å². The molecule has 0 saturated carbocycles. The van der Waals surface area contributed by atoms with Gasteiger partial charge in [-0.25, -0.2) is 0 Å². The van der Waals surface area contributed by atoms with Gasteiger partial charge in [0.15, 0.2) is 0 Å². The van der Waals surface area contributed by atoms with Gasteiger partial charge >= 0.3 is 0 Å². The molecule has 23 heavy (non-hydrogen) atoms. The summed E-state index contributed by atoms with van der Waals surface area (Å²) in [5.74, 6) is 0. The van der Waals surface area contributed by atoms with E-state index >= 15 is 0 Å². The fourth-order valence-electron chi connectivity index (χ4n) is 4.38. The van der Waals surface area contributed by atoms with Crippen LogP contribution in [0.15, 0.2) is 53.0 Å². The molecule has 2 aliphatic carbocycles. The molecule has 0 unspecified atom stereocenters. The van der Waals surface area contributed by atoms with Gasteiger partial charge in [0, 0.05) is 4.47 Å². The summed E-state index contributed by atoms with van der Waals surface area (Å²) in [4.78, 5) is 0. The van der Waals surface area contributed by atoms with Crippen LogP contribution < -0.4 is 0 Å². The predicted molar refractivity (Wildman–Crippen MR) is 99.2 cm³/mol. The number of benzene rings is 3. The van der Waals surface area contributed by atoms with E-state index in [1.54, 1.807) is 11.1 Å². The largest absolute Gasteiger partial charge is 0.0620 e. The summed E-state index contributed by atoms with van der Waals surface area (Å²) in [6, 6.07) is 17.8. The van der Waals surface area contributed by atoms with Crippen molar-refractivity contribution in [1.29, 1.82) is 0 Å². The summed E-state index contributed by atoms with van der Waals surface area (Å²) >= 11 is 3.92. The fourth-order valence-corrected chi connectivity index (χ4v) is 4.96. The predicted octanol–water partition coefficient (Wildman–Crippen LogP) is 5.82. The van der Waals surface area contributed by atoms with Crippen LogP contribution >= 0.6 is 15.9 Å². The number of fused-ring (bicyclic) bond motifs is 6. The lowest BCUT2D eigenvalue weighted by Gasteiger charge is -2.25. The maximum atomic E-state index is 3.92. The number of rotatable bonds is 0. The summed E-state index contributed by atoms with van der Waals surface area (Å²) in [5, 5.41) is 0. The number of hydrogen-bond donors (Lipinski definition) is 0. The molecule has 0 aliphatic heterocycles. The van der Waals surface area contributed by atoms with E-state index < -0.39 is 0 Å². The van der Waals surface area contributed by atoms with E-state index in [-0.39, 0.29) is 0 Å². The highest BCUT2D eigenvalue weighted by molar-refractivity contribution is 9.10. The Balaban J connectivity index is 1.79. The molecule has 0 nitrogen and oxygen atoms in total. The molecule has 2 aliphatic rings. The summed E-state index contributed by atoms with van der Waals surface area (Å²) in [5.41, 5.74) is 13.4. The van der Waals surface area contributed by atoms with Crippen molar-refractivity contribution >= 4 is 15.9 Å². The Kier molecular flexibility index (Phi) is 2.84. The third kappa shape index (κ3) is 1.83. The SMILES string of the molecule is Cc1c(Br)c2c(c3c1-c1ccccc1C3)Cc1ccccc1C2. The van der Waals surface area contributed by atoms with Crippen molar-refractivity contribution in [2.75, 3.05) is 0 Å². The zero-order chi connectivity index (χ0) is 15.6. The summed E-state index contributed by atoms with van der Waals surface area (Å²) in [6.45, 7) is 2.27. The molecule has 0 bridgehead atoms. The van der Waals surface area contributed by atoms with Crippen molar-refractivity contribution in [1.82, 2.24) is 0 Å². The van der Waals surface area contributed by atoms with Gasteiger partial charge in [-0.1, -0.05) is 64.5 Å². The average molecular weight is 361 g/mol. The van der Waals surface area contributed by atoms with Crippen molar-refractivity contribution in [3.63, 3.8) is 0 Å². The smallest absolute Gasteiger partial charge is 0.0249 e. The van der Waals surface area contributed by atoms with Gasteiger partial charge in [-0.3, -0.25) is 0 Å². The number of halogens is 1. The highest BCUT2D eigenvalue weighted by Gasteiger charge is 2.29. The highest BCUT2D eigenvalue weighted by atomic mass is 79.9. The van der Waals surface area contributed by atoms with E-state index in [0.717, 1.165) is 19.3 Å². The summed E-state index contributed by atoms with van der Waals surface area (Å²) < 4.78 is 1.32. The maximum Gasteiger partial charge on any atom is 0.0249 e. The molecule has 0 amide bonds. The molecule has 0 aromatic heterocycles.